The van der Waals surface area contributed by atoms with Crippen LogP contribution in [0, 0.1) is 0 Å². The Balaban J connectivity index is 0.975. The number of imidazole rings is 1. The van der Waals surface area contributed by atoms with Crippen LogP contribution in [0.3, 0.4) is 0 Å². The van der Waals surface area contributed by atoms with Gasteiger partial charge in [-0.2, -0.15) is 0 Å². The Kier molecular flexibility index (Phi) is 8.72. The molecule has 2 unspecified atom stereocenters. The summed E-state index contributed by atoms with van der Waals surface area (Å²) in [6.07, 6.45) is 6.72. The molecule has 0 radical (unpaired) electrons. The monoisotopic (exact) mass is 759 g/mol. The number of nitrogens with zero attached hydrogens (tertiary/aromatic N) is 2. The number of fused-ring (bicyclic) bond motifs is 6. The summed E-state index contributed by atoms with van der Waals surface area (Å²) in [6, 6.07) is 67.1. The quantitative estimate of drug-likeness (QED) is 0.151. The third kappa shape index (κ3) is 6.38. The molecule has 2 aliphatic rings. The lowest BCUT2D eigenvalue weighted by atomic mass is 9.95. The second kappa shape index (κ2) is 14.8. The van der Waals surface area contributed by atoms with E-state index < -0.39 is 0 Å². The van der Waals surface area contributed by atoms with Crippen LogP contribution in [-0.2, 0) is 0 Å². The zero-order valence-corrected chi connectivity index (χ0v) is 32.4. The molecule has 2 atom stereocenters. The molecule has 59 heavy (non-hydrogen) atoms. The van der Waals surface area contributed by atoms with Crippen LogP contribution in [0.15, 0.2) is 200 Å². The Bertz CT molecular complexity index is 3020. The topological polar surface area (TPSA) is 53.9 Å². The van der Waals surface area contributed by atoms with E-state index >= 15 is 0 Å². The second-order valence-corrected chi connectivity index (χ2v) is 15.3. The van der Waals surface area contributed by atoms with Gasteiger partial charge in [-0.05, 0) is 57.2 Å². The van der Waals surface area contributed by atoms with Crippen LogP contribution in [0.2, 0.25) is 0 Å². The highest BCUT2D eigenvalue weighted by molar-refractivity contribution is 6.16. The van der Waals surface area contributed by atoms with Crippen molar-refractivity contribution < 1.29 is 0 Å². The van der Waals surface area contributed by atoms with E-state index in [9.17, 15) is 0 Å². The van der Waals surface area contributed by atoms with Crippen LogP contribution in [-0.4, -0.2) is 16.1 Å². The van der Waals surface area contributed by atoms with Gasteiger partial charge in [-0.1, -0.05) is 188 Å². The molecule has 5 heteroatoms. The van der Waals surface area contributed by atoms with Crippen molar-refractivity contribution >= 4 is 39.3 Å². The van der Waals surface area contributed by atoms with Gasteiger partial charge in [0.15, 0.2) is 0 Å². The summed E-state index contributed by atoms with van der Waals surface area (Å²) < 4.78 is 2.35. The van der Waals surface area contributed by atoms with Crippen molar-refractivity contribution in [2.45, 2.75) is 12.2 Å². The first-order valence-corrected chi connectivity index (χ1v) is 20.3. The first kappa shape index (κ1) is 34.8. The minimum Gasteiger partial charge on any atom is -0.381 e. The first-order valence-electron chi connectivity index (χ1n) is 20.3. The van der Waals surface area contributed by atoms with E-state index in [1.807, 2.05) is 0 Å². The van der Waals surface area contributed by atoms with Gasteiger partial charge in [0.1, 0.15) is 12.0 Å². The maximum absolute atomic E-state index is 5.42. The van der Waals surface area contributed by atoms with E-state index in [1.54, 1.807) is 0 Å². The molecule has 9 aromatic rings. The molecule has 0 aliphatic carbocycles. The summed E-state index contributed by atoms with van der Waals surface area (Å²) >= 11 is 0. The van der Waals surface area contributed by atoms with Crippen LogP contribution >= 0.6 is 0 Å². The van der Waals surface area contributed by atoms with Gasteiger partial charge >= 0.3 is 0 Å². The molecular weight excluding hydrogens is 719 g/mol. The highest BCUT2D eigenvalue weighted by atomic mass is 15.2. The third-order valence-electron chi connectivity index (χ3n) is 11.7. The normalized spacial score (nSPS) is 16.0. The van der Waals surface area contributed by atoms with Gasteiger partial charge in [-0.3, -0.25) is 9.88 Å². The molecule has 0 saturated heterocycles. The van der Waals surface area contributed by atoms with Crippen molar-refractivity contribution in [1.82, 2.24) is 20.2 Å². The Morgan fingerprint density at radius 2 is 1.14 bits per heavy atom. The smallest absolute Gasteiger partial charge is 0.145 e. The molecule has 11 rings (SSSR count). The summed E-state index contributed by atoms with van der Waals surface area (Å²) in [5, 5.41) is 13.7. The van der Waals surface area contributed by atoms with Crippen molar-refractivity contribution in [2.24, 2.45) is 0 Å². The summed E-state index contributed by atoms with van der Waals surface area (Å²) in [5.41, 5.74) is 16.0. The molecule has 0 bridgehead atoms. The molecule has 0 fully saturated rings. The van der Waals surface area contributed by atoms with Crippen molar-refractivity contribution in [3.8, 4) is 39.3 Å². The zero-order valence-electron chi connectivity index (χ0n) is 32.4. The summed E-state index contributed by atoms with van der Waals surface area (Å²) in [5.74, 6) is 0.923. The maximum Gasteiger partial charge on any atom is 0.145 e. The number of rotatable bonds is 7. The molecule has 5 nitrogen and oxygen atoms in total. The fraction of sp³-hybridized carbons (Fsp3) is 0.0556. The van der Waals surface area contributed by atoms with Crippen molar-refractivity contribution in [1.29, 1.82) is 0 Å². The Morgan fingerprint density at radius 3 is 1.90 bits per heavy atom. The average Bonchev–Trinajstić information content (AvgIpc) is 3.74. The SMILES string of the molecule is C1=Cc2c(c3ccccc3c3nc(-c4ccccc4)n(-c4cccc(-c5ccc(C6=CC(c7ccc(-c8ccccc8)cc7)NC(c7ccccc7)N6)cc5)c4)c23)NC1. The highest BCUT2D eigenvalue weighted by Gasteiger charge is 2.25. The van der Waals surface area contributed by atoms with E-state index in [-0.39, 0.29) is 12.2 Å². The predicted molar refractivity (Wildman–Crippen MR) is 245 cm³/mol. The minimum atomic E-state index is -0.0527. The Morgan fingerprint density at radius 1 is 0.525 bits per heavy atom. The number of aromatic nitrogens is 2. The number of hydrogen-bond acceptors (Lipinski definition) is 4. The van der Waals surface area contributed by atoms with Gasteiger partial charge in [0, 0.05) is 39.8 Å². The highest BCUT2D eigenvalue weighted by Crippen LogP contribution is 2.42. The number of nitrogens with one attached hydrogen (secondary N) is 3. The van der Waals surface area contributed by atoms with Gasteiger partial charge in [0.05, 0.1) is 22.8 Å². The van der Waals surface area contributed by atoms with Gasteiger partial charge < -0.3 is 10.6 Å². The molecule has 2 aliphatic heterocycles. The van der Waals surface area contributed by atoms with E-state index in [1.165, 1.54) is 27.6 Å². The maximum atomic E-state index is 5.42. The predicted octanol–water partition coefficient (Wildman–Crippen LogP) is 12.6. The fourth-order valence-corrected chi connectivity index (χ4v) is 8.77. The van der Waals surface area contributed by atoms with Crippen LogP contribution in [0.4, 0.5) is 5.69 Å². The van der Waals surface area contributed by atoms with Gasteiger partial charge in [0.2, 0.25) is 0 Å². The van der Waals surface area contributed by atoms with Gasteiger partial charge in [-0.25, -0.2) is 4.98 Å². The first-order chi connectivity index (χ1) is 29.2. The van der Waals surface area contributed by atoms with Crippen LogP contribution < -0.4 is 16.0 Å². The Labute approximate surface area is 344 Å². The van der Waals surface area contributed by atoms with Crippen molar-refractivity contribution in [3.05, 3.63) is 222 Å². The lowest BCUT2D eigenvalue weighted by Gasteiger charge is -2.33. The van der Waals surface area contributed by atoms with Crippen LogP contribution in [0.5, 0.6) is 0 Å². The molecule has 3 heterocycles. The molecule has 1 aromatic heterocycles. The molecule has 8 aromatic carbocycles. The molecule has 0 saturated carbocycles. The van der Waals surface area contributed by atoms with Gasteiger partial charge in [-0.15, -0.1) is 0 Å². The molecular formula is C54H41N5. The van der Waals surface area contributed by atoms with E-state index in [0.29, 0.717) is 0 Å². The largest absolute Gasteiger partial charge is 0.381 e. The molecule has 282 valence electrons. The number of hydrogen-bond donors (Lipinski definition) is 3. The summed E-state index contributed by atoms with van der Waals surface area (Å²) in [6.45, 7) is 0.798. The standard InChI is InChI=1S/C54H41N5/c1-4-14-36(15-5-1)37-25-29-39(30-26-37)48-35-49(57-53(56-48)41-16-6-2-7-17-41)40-31-27-38(28-32-40)43-20-12-21-44(34-43)59-52-47-24-13-33-55-50(47)45-22-10-11-23-46(45)51(52)58-54(59)42-18-8-3-9-19-42/h1-32,34-35,48,53,55-57H,33H2. The molecule has 3 N–H and O–H groups in total. The lowest BCUT2D eigenvalue weighted by molar-refractivity contribution is 0.443. The fourth-order valence-electron chi connectivity index (χ4n) is 8.77. The minimum absolute atomic E-state index is 0.0226. The van der Waals surface area contributed by atoms with Crippen LogP contribution in [0.1, 0.15) is 34.5 Å². The van der Waals surface area contributed by atoms with Crippen molar-refractivity contribution in [2.75, 3.05) is 11.9 Å². The van der Waals surface area contributed by atoms with Crippen molar-refractivity contribution in [3.63, 3.8) is 0 Å². The average molecular weight is 760 g/mol. The molecule has 0 spiro atoms. The van der Waals surface area contributed by atoms with Gasteiger partial charge in [0.25, 0.3) is 0 Å². The van der Waals surface area contributed by atoms with E-state index in [2.05, 4.69) is 227 Å². The van der Waals surface area contributed by atoms with E-state index in [4.69, 9.17) is 4.98 Å². The molecule has 0 amide bonds. The third-order valence-corrected chi connectivity index (χ3v) is 11.7. The second-order valence-electron chi connectivity index (χ2n) is 15.3. The lowest BCUT2D eigenvalue weighted by Crippen LogP contribution is -2.39. The Hall–Kier alpha value is -7.47. The summed E-state index contributed by atoms with van der Waals surface area (Å²) in [7, 11) is 0. The zero-order chi connectivity index (χ0) is 39.1. The number of anilines is 1. The summed E-state index contributed by atoms with van der Waals surface area (Å²) in [4.78, 5) is 5.42. The van der Waals surface area contributed by atoms with Crippen LogP contribution in [0.25, 0.3) is 72.9 Å². The van der Waals surface area contributed by atoms with E-state index in [0.717, 1.165) is 73.7 Å². The number of benzene rings is 8.